The highest BCUT2D eigenvalue weighted by Crippen LogP contribution is 2.52. The van der Waals surface area contributed by atoms with Crippen molar-refractivity contribution >= 4 is 23.1 Å². The molecule has 0 amide bonds. The van der Waals surface area contributed by atoms with Crippen molar-refractivity contribution in [2.45, 2.75) is 20.8 Å². The third-order valence-electron chi connectivity index (χ3n) is 4.96. The van der Waals surface area contributed by atoms with Gasteiger partial charge in [0.1, 0.15) is 11.5 Å². The van der Waals surface area contributed by atoms with E-state index in [1.54, 1.807) is 0 Å². The van der Waals surface area contributed by atoms with Crippen molar-refractivity contribution < 1.29 is 9.30 Å². The fraction of sp³-hybridized carbons (Fsp3) is 0.143. The van der Waals surface area contributed by atoms with Crippen molar-refractivity contribution in [2.24, 2.45) is 0 Å². The van der Waals surface area contributed by atoms with Crippen LogP contribution in [0.1, 0.15) is 16.7 Å². The molecule has 3 heteroatoms. The minimum Gasteiger partial charge on any atom is -0.455 e. The Hall–Kier alpha value is -2.31. The first kappa shape index (κ1) is 15.2. The van der Waals surface area contributed by atoms with E-state index in [2.05, 4.69) is 13.8 Å². The summed E-state index contributed by atoms with van der Waals surface area (Å²) in [7, 11) is -2.94. The van der Waals surface area contributed by atoms with E-state index < -0.39 is 7.14 Å². The molecule has 1 unspecified atom stereocenters. The molecule has 3 aromatic rings. The fourth-order valence-corrected chi connectivity index (χ4v) is 6.37. The molecule has 1 aliphatic heterocycles. The average Bonchev–Trinajstić information content (AvgIpc) is 2.62. The Labute approximate surface area is 142 Å². The molecule has 120 valence electrons. The number of benzene rings is 3. The summed E-state index contributed by atoms with van der Waals surface area (Å²) in [6, 6.07) is 19.5. The van der Waals surface area contributed by atoms with Crippen LogP contribution in [-0.2, 0) is 4.57 Å². The molecule has 0 aliphatic carbocycles. The Morgan fingerprint density at radius 2 is 1.46 bits per heavy atom. The molecule has 3 aromatic carbocycles. The van der Waals surface area contributed by atoms with Crippen molar-refractivity contribution in [3.8, 4) is 11.5 Å². The lowest BCUT2D eigenvalue weighted by Gasteiger charge is -2.31. The molecule has 0 bridgehead atoms. The van der Waals surface area contributed by atoms with Gasteiger partial charge in [-0.3, -0.25) is 0 Å². The van der Waals surface area contributed by atoms with Gasteiger partial charge in [-0.2, -0.15) is 0 Å². The molecule has 0 N–H and O–H groups in total. The molecule has 4 rings (SSSR count). The van der Waals surface area contributed by atoms with Gasteiger partial charge in [-0.1, -0.05) is 42.5 Å². The van der Waals surface area contributed by atoms with Crippen LogP contribution in [0.5, 0.6) is 11.5 Å². The largest absolute Gasteiger partial charge is 0.455 e. The average molecular weight is 334 g/mol. The lowest BCUT2D eigenvalue weighted by molar-refractivity contribution is 0.481. The second kappa shape index (κ2) is 5.36. The minimum absolute atomic E-state index is 0.698. The molecule has 1 atom stereocenters. The summed E-state index contributed by atoms with van der Waals surface area (Å²) in [4.78, 5) is 0. The summed E-state index contributed by atoms with van der Waals surface area (Å²) < 4.78 is 20.6. The van der Waals surface area contributed by atoms with E-state index in [0.29, 0.717) is 5.75 Å². The van der Waals surface area contributed by atoms with Gasteiger partial charge in [0.2, 0.25) is 0 Å². The predicted molar refractivity (Wildman–Crippen MR) is 100 cm³/mol. The highest BCUT2D eigenvalue weighted by molar-refractivity contribution is 7.85. The maximum atomic E-state index is 14.4. The quantitative estimate of drug-likeness (QED) is 0.484. The lowest BCUT2D eigenvalue weighted by Crippen LogP contribution is -2.31. The normalized spacial score (nSPS) is 18.5. The van der Waals surface area contributed by atoms with Crippen LogP contribution in [0.3, 0.4) is 0 Å². The van der Waals surface area contributed by atoms with E-state index in [-0.39, 0.29) is 0 Å². The smallest absolute Gasteiger partial charge is 0.178 e. The van der Waals surface area contributed by atoms with E-state index in [9.17, 15) is 4.57 Å². The van der Waals surface area contributed by atoms with E-state index in [1.807, 2.05) is 67.6 Å². The highest BCUT2D eigenvalue weighted by atomic mass is 31.2. The minimum atomic E-state index is -2.94. The van der Waals surface area contributed by atoms with Crippen molar-refractivity contribution in [3.63, 3.8) is 0 Å². The monoisotopic (exact) mass is 334 g/mol. The van der Waals surface area contributed by atoms with Crippen LogP contribution in [0.4, 0.5) is 0 Å². The van der Waals surface area contributed by atoms with E-state index >= 15 is 0 Å². The topological polar surface area (TPSA) is 26.3 Å². The van der Waals surface area contributed by atoms with E-state index in [4.69, 9.17) is 4.74 Å². The van der Waals surface area contributed by atoms with Crippen LogP contribution in [0.2, 0.25) is 0 Å². The second-order valence-electron chi connectivity index (χ2n) is 6.31. The number of ether oxygens (including phenoxy) is 1. The molecule has 0 saturated carbocycles. The summed E-state index contributed by atoms with van der Waals surface area (Å²) in [5, 5.41) is 2.45. The van der Waals surface area contributed by atoms with Crippen LogP contribution < -0.4 is 20.7 Å². The molecule has 0 spiro atoms. The number of rotatable bonds is 1. The zero-order valence-electron chi connectivity index (χ0n) is 14.0. The maximum absolute atomic E-state index is 14.4. The Balaban J connectivity index is 2.13. The molecule has 0 saturated heterocycles. The third kappa shape index (κ3) is 2.00. The van der Waals surface area contributed by atoms with Crippen molar-refractivity contribution in [2.75, 3.05) is 0 Å². The summed E-state index contributed by atoms with van der Waals surface area (Å²) in [6.07, 6.45) is 0. The van der Waals surface area contributed by atoms with Gasteiger partial charge in [0.15, 0.2) is 7.14 Å². The standard InChI is InChI=1S/C21H19O2P/c1-14-13-20-21(16(3)15(14)2)23-18-11-7-8-12-19(18)24(20,22)17-9-5-4-6-10-17/h4-13H,1-3H3. The maximum Gasteiger partial charge on any atom is 0.178 e. The summed E-state index contributed by atoms with van der Waals surface area (Å²) in [6.45, 7) is 6.20. The van der Waals surface area contributed by atoms with Gasteiger partial charge >= 0.3 is 0 Å². The van der Waals surface area contributed by atoms with Crippen LogP contribution >= 0.6 is 7.14 Å². The van der Waals surface area contributed by atoms with Gasteiger partial charge in [0.05, 0.1) is 10.6 Å². The SMILES string of the molecule is Cc1cc2c(c(C)c1C)Oc1ccccc1P2(=O)c1ccccc1. The third-order valence-corrected chi connectivity index (χ3v) is 8.04. The predicted octanol–water partition coefficient (Wildman–Crippen LogP) is 4.36. The highest BCUT2D eigenvalue weighted by Gasteiger charge is 2.40. The number of hydrogen-bond donors (Lipinski definition) is 0. The van der Waals surface area contributed by atoms with Crippen molar-refractivity contribution in [1.82, 2.24) is 0 Å². The molecular formula is C21H19O2P. The van der Waals surface area contributed by atoms with Crippen LogP contribution in [0, 0.1) is 20.8 Å². The van der Waals surface area contributed by atoms with Gasteiger partial charge in [-0.25, -0.2) is 0 Å². The Kier molecular flexibility index (Phi) is 3.40. The molecule has 1 heterocycles. The first-order valence-electron chi connectivity index (χ1n) is 8.08. The van der Waals surface area contributed by atoms with Crippen LogP contribution in [0.25, 0.3) is 0 Å². The van der Waals surface area contributed by atoms with Crippen LogP contribution in [0.15, 0.2) is 60.7 Å². The molecule has 1 aliphatic rings. The van der Waals surface area contributed by atoms with Gasteiger partial charge in [-0.15, -0.1) is 0 Å². The molecule has 2 nitrogen and oxygen atoms in total. The van der Waals surface area contributed by atoms with Crippen molar-refractivity contribution in [1.29, 1.82) is 0 Å². The zero-order chi connectivity index (χ0) is 16.9. The van der Waals surface area contributed by atoms with E-state index in [0.717, 1.165) is 32.8 Å². The molecule has 0 radical (unpaired) electrons. The lowest BCUT2D eigenvalue weighted by atomic mass is 10.0. The summed E-state index contributed by atoms with van der Waals surface area (Å²) in [5.41, 5.74) is 3.40. The molecule has 0 aromatic heterocycles. The van der Waals surface area contributed by atoms with Gasteiger partial charge in [0.25, 0.3) is 0 Å². The van der Waals surface area contributed by atoms with Gasteiger partial charge in [-0.05, 0) is 55.7 Å². The molecule has 0 fully saturated rings. The first-order valence-corrected chi connectivity index (χ1v) is 9.78. The first-order chi connectivity index (χ1) is 11.5. The number of para-hydroxylation sites is 1. The van der Waals surface area contributed by atoms with Crippen LogP contribution in [-0.4, -0.2) is 0 Å². The Morgan fingerprint density at radius 3 is 2.21 bits per heavy atom. The zero-order valence-corrected chi connectivity index (χ0v) is 14.9. The second-order valence-corrected chi connectivity index (χ2v) is 9.00. The Morgan fingerprint density at radius 1 is 0.792 bits per heavy atom. The fourth-order valence-electron chi connectivity index (χ4n) is 3.36. The summed E-state index contributed by atoms with van der Waals surface area (Å²) >= 11 is 0. The molecular weight excluding hydrogens is 315 g/mol. The number of hydrogen-bond acceptors (Lipinski definition) is 2. The molecule has 24 heavy (non-hydrogen) atoms. The summed E-state index contributed by atoms with van der Waals surface area (Å²) in [5.74, 6) is 1.45. The van der Waals surface area contributed by atoms with Gasteiger partial charge < -0.3 is 9.30 Å². The number of fused-ring (bicyclic) bond motifs is 2. The Bertz CT molecular complexity index is 990. The van der Waals surface area contributed by atoms with Gasteiger partial charge in [0, 0.05) is 5.30 Å². The van der Waals surface area contributed by atoms with Crippen molar-refractivity contribution in [3.05, 3.63) is 77.4 Å². The number of aryl methyl sites for hydroxylation is 1. The van der Waals surface area contributed by atoms with E-state index in [1.165, 1.54) is 5.56 Å².